The smallest absolute Gasteiger partial charge is 0.330 e. The maximum atomic E-state index is 12.3. The monoisotopic (exact) mass is 510 g/mol. The maximum Gasteiger partial charge on any atom is 0.330 e. The molecule has 0 radical (unpaired) electrons. The summed E-state index contributed by atoms with van der Waals surface area (Å²) in [7, 11) is 1.63. The molecule has 0 saturated carbocycles. The van der Waals surface area contributed by atoms with Crippen LogP contribution in [0.4, 0.5) is 0 Å². The molecular formula is C31H30N2O5. The van der Waals surface area contributed by atoms with Gasteiger partial charge >= 0.3 is 5.69 Å². The molecule has 0 spiro atoms. The van der Waals surface area contributed by atoms with Crippen LogP contribution in [0.25, 0.3) is 0 Å². The van der Waals surface area contributed by atoms with Crippen molar-refractivity contribution in [3.8, 4) is 5.75 Å². The van der Waals surface area contributed by atoms with Crippen molar-refractivity contribution in [2.24, 2.45) is 0 Å². The van der Waals surface area contributed by atoms with Crippen molar-refractivity contribution in [3.05, 3.63) is 160 Å². The minimum Gasteiger partial charge on any atom is -0.497 e. The summed E-state index contributed by atoms with van der Waals surface area (Å²) in [6.45, 7) is 7.81. The molecule has 194 valence electrons. The number of hydrogen-bond donors (Lipinski definition) is 1. The number of methoxy groups -OCH3 is 1. The number of rotatable bonds is 12. The number of H-pyrrole nitrogens is 1. The number of aromatic amines is 1. The van der Waals surface area contributed by atoms with Gasteiger partial charge < -0.3 is 14.2 Å². The van der Waals surface area contributed by atoms with Crippen molar-refractivity contribution in [2.45, 2.75) is 17.9 Å². The second-order valence-corrected chi connectivity index (χ2v) is 8.51. The molecule has 4 rings (SSSR count). The van der Waals surface area contributed by atoms with Gasteiger partial charge in [0.25, 0.3) is 5.56 Å². The van der Waals surface area contributed by atoms with E-state index >= 15 is 0 Å². The largest absolute Gasteiger partial charge is 0.497 e. The zero-order valence-corrected chi connectivity index (χ0v) is 21.2. The Balaban J connectivity index is 1.74. The van der Waals surface area contributed by atoms with Crippen molar-refractivity contribution < 1.29 is 14.2 Å². The predicted molar refractivity (Wildman–Crippen MR) is 147 cm³/mol. The normalized spacial score (nSPS) is 12.9. The van der Waals surface area contributed by atoms with Gasteiger partial charge in [0.05, 0.1) is 13.7 Å². The van der Waals surface area contributed by atoms with E-state index in [2.05, 4.69) is 18.1 Å². The van der Waals surface area contributed by atoms with Crippen LogP contribution >= 0.6 is 0 Å². The lowest BCUT2D eigenvalue weighted by Crippen LogP contribution is -2.37. The molecule has 0 aliphatic rings. The average molecular weight is 511 g/mol. The number of nitrogens with zero attached hydrogens (tertiary/aromatic N) is 1. The zero-order chi connectivity index (χ0) is 27.0. The van der Waals surface area contributed by atoms with E-state index in [-0.39, 0.29) is 6.61 Å². The number of hydrogen-bond acceptors (Lipinski definition) is 5. The van der Waals surface area contributed by atoms with Gasteiger partial charge in [0.1, 0.15) is 17.5 Å². The molecule has 0 saturated heterocycles. The Labute approximate surface area is 221 Å². The SMILES string of the molecule is C=CC(O[C@@H](C=C)COC(c1ccccc1)(c1ccccc1)c1ccc(OC)cc1)n1ccc(=O)[nH]c1=O. The molecule has 4 aromatic rings. The van der Waals surface area contributed by atoms with Crippen molar-refractivity contribution >= 4 is 0 Å². The first-order chi connectivity index (χ1) is 18.5. The third kappa shape index (κ3) is 5.59. The van der Waals surface area contributed by atoms with Gasteiger partial charge in [0, 0.05) is 12.3 Å². The van der Waals surface area contributed by atoms with Crippen molar-refractivity contribution in [1.82, 2.24) is 9.55 Å². The molecule has 0 amide bonds. The molecule has 38 heavy (non-hydrogen) atoms. The zero-order valence-electron chi connectivity index (χ0n) is 21.2. The standard InChI is InChI=1S/C31H30N2O5/c1-4-26(38-29(5-2)33-21-20-28(34)32-30(33)35)22-37-31(23-12-8-6-9-13-23,24-14-10-7-11-15-24)25-16-18-27(36-3)19-17-25/h4-21,26,29H,1-2,22H2,3H3,(H,32,34,35)/t26-,29?/m0/s1. The van der Waals surface area contributed by atoms with Crippen LogP contribution in [0.3, 0.4) is 0 Å². The summed E-state index contributed by atoms with van der Waals surface area (Å²) in [6, 6.07) is 28.9. The van der Waals surface area contributed by atoms with Crippen molar-refractivity contribution in [2.75, 3.05) is 13.7 Å². The van der Waals surface area contributed by atoms with Crippen molar-refractivity contribution in [3.63, 3.8) is 0 Å². The van der Waals surface area contributed by atoms with Gasteiger partial charge in [0.15, 0.2) is 6.23 Å². The molecule has 0 bridgehead atoms. The number of nitrogens with one attached hydrogen (secondary N) is 1. The molecule has 0 aliphatic heterocycles. The van der Waals surface area contributed by atoms with Crippen LogP contribution < -0.4 is 16.0 Å². The van der Waals surface area contributed by atoms with Crippen LogP contribution in [0.15, 0.2) is 132 Å². The molecule has 7 heteroatoms. The van der Waals surface area contributed by atoms with E-state index in [1.54, 1.807) is 13.2 Å². The van der Waals surface area contributed by atoms with Crippen molar-refractivity contribution in [1.29, 1.82) is 0 Å². The lowest BCUT2D eigenvalue weighted by atomic mass is 9.80. The molecule has 0 fully saturated rings. The summed E-state index contributed by atoms with van der Waals surface area (Å²) in [4.78, 5) is 26.1. The molecule has 0 aliphatic carbocycles. The summed E-state index contributed by atoms with van der Waals surface area (Å²) in [5.74, 6) is 0.733. The lowest BCUT2D eigenvalue weighted by molar-refractivity contribution is -0.0790. The van der Waals surface area contributed by atoms with Crippen LogP contribution in [-0.4, -0.2) is 29.4 Å². The maximum absolute atomic E-state index is 12.3. The Morgan fingerprint density at radius 3 is 1.92 bits per heavy atom. The highest BCUT2D eigenvalue weighted by Gasteiger charge is 2.38. The predicted octanol–water partition coefficient (Wildman–Crippen LogP) is 4.81. The minimum absolute atomic E-state index is 0.0990. The van der Waals surface area contributed by atoms with Gasteiger partial charge in [-0.2, -0.15) is 0 Å². The van der Waals surface area contributed by atoms with Crippen LogP contribution in [-0.2, 0) is 15.1 Å². The average Bonchev–Trinajstić information content (AvgIpc) is 2.97. The topological polar surface area (TPSA) is 82.6 Å². The minimum atomic E-state index is -0.988. The Morgan fingerprint density at radius 1 is 0.842 bits per heavy atom. The first-order valence-electron chi connectivity index (χ1n) is 12.1. The summed E-state index contributed by atoms with van der Waals surface area (Å²) in [5, 5.41) is 0. The Bertz CT molecular complexity index is 1420. The van der Waals surface area contributed by atoms with Gasteiger partial charge in [-0.3, -0.25) is 14.3 Å². The summed E-state index contributed by atoms with van der Waals surface area (Å²) >= 11 is 0. The van der Waals surface area contributed by atoms with E-state index in [0.29, 0.717) is 0 Å². The first kappa shape index (κ1) is 26.6. The fourth-order valence-electron chi connectivity index (χ4n) is 4.33. The Morgan fingerprint density at radius 2 is 1.42 bits per heavy atom. The Kier molecular flexibility index (Phi) is 8.53. The quantitative estimate of drug-likeness (QED) is 0.219. The van der Waals surface area contributed by atoms with E-state index in [1.807, 2.05) is 84.9 Å². The van der Waals surface area contributed by atoms with Crippen LogP contribution in [0.5, 0.6) is 5.75 Å². The second kappa shape index (κ2) is 12.2. The van der Waals surface area contributed by atoms with Crippen LogP contribution in [0.2, 0.25) is 0 Å². The van der Waals surface area contributed by atoms with Gasteiger partial charge in [0.2, 0.25) is 0 Å². The molecular weight excluding hydrogens is 480 g/mol. The van der Waals surface area contributed by atoms with E-state index in [0.717, 1.165) is 22.4 Å². The number of ether oxygens (including phenoxy) is 3. The summed E-state index contributed by atoms with van der Waals surface area (Å²) in [5.41, 5.74) is 0.668. The van der Waals surface area contributed by atoms with Crippen LogP contribution in [0, 0.1) is 0 Å². The number of aromatic nitrogens is 2. The lowest BCUT2D eigenvalue weighted by Gasteiger charge is -2.37. The second-order valence-electron chi connectivity index (χ2n) is 8.51. The van der Waals surface area contributed by atoms with E-state index in [4.69, 9.17) is 14.2 Å². The fraction of sp³-hybridized carbons (Fsp3) is 0.161. The van der Waals surface area contributed by atoms with Gasteiger partial charge in [-0.05, 0) is 34.9 Å². The van der Waals surface area contributed by atoms with Gasteiger partial charge in [-0.25, -0.2) is 4.79 Å². The third-order valence-electron chi connectivity index (χ3n) is 6.23. The van der Waals surface area contributed by atoms with E-state index in [1.165, 1.54) is 22.9 Å². The van der Waals surface area contributed by atoms with Gasteiger partial charge in [-0.15, -0.1) is 6.58 Å². The molecule has 7 nitrogen and oxygen atoms in total. The Hall–Kier alpha value is -4.46. The third-order valence-corrected chi connectivity index (χ3v) is 6.23. The van der Waals surface area contributed by atoms with Crippen LogP contribution in [0.1, 0.15) is 22.9 Å². The molecule has 1 aromatic heterocycles. The molecule has 2 atom stereocenters. The number of benzene rings is 3. The molecule has 3 aromatic carbocycles. The molecule has 1 N–H and O–H groups in total. The van der Waals surface area contributed by atoms with Gasteiger partial charge in [-0.1, -0.05) is 85.5 Å². The van der Waals surface area contributed by atoms with E-state index in [9.17, 15) is 9.59 Å². The highest BCUT2D eigenvalue weighted by molar-refractivity contribution is 5.48. The highest BCUT2D eigenvalue weighted by atomic mass is 16.6. The fourth-order valence-corrected chi connectivity index (χ4v) is 4.33. The van der Waals surface area contributed by atoms with E-state index < -0.39 is 29.2 Å². The summed E-state index contributed by atoms with van der Waals surface area (Å²) in [6.07, 6.45) is 2.98. The highest BCUT2D eigenvalue weighted by Crippen LogP contribution is 2.41. The summed E-state index contributed by atoms with van der Waals surface area (Å²) < 4.78 is 19.6. The first-order valence-corrected chi connectivity index (χ1v) is 12.1. The molecule has 1 heterocycles. The molecule has 1 unspecified atom stereocenters.